The molecule has 5 nitrogen and oxygen atoms in total. The maximum Gasteiger partial charge on any atom is 0.166 e. The number of aromatic hydroxyl groups is 1. The van der Waals surface area contributed by atoms with Crippen LogP contribution in [0.1, 0.15) is 64.5 Å². The molecule has 5 heteroatoms. The molecule has 1 aromatic carbocycles. The number of phenolic OH excluding ortho intramolecular Hbond substituents is 1. The summed E-state index contributed by atoms with van der Waals surface area (Å²) in [6.07, 6.45) is 5.28. The average Bonchev–Trinajstić information content (AvgIpc) is 3.47. The van der Waals surface area contributed by atoms with E-state index in [1.54, 1.807) is 7.11 Å². The second-order valence-electron chi connectivity index (χ2n) is 12.9. The van der Waals surface area contributed by atoms with E-state index < -0.39 is 11.2 Å². The van der Waals surface area contributed by atoms with Crippen molar-refractivity contribution in [1.82, 2.24) is 4.90 Å². The largest absolute Gasteiger partial charge is 0.504 e. The quantitative estimate of drug-likeness (QED) is 0.679. The molecule has 0 radical (unpaired) electrons. The van der Waals surface area contributed by atoms with E-state index in [-0.39, 0.29) is 28.6 Å². The van der Waals surface area contributed by atoms with Crippen LogP contribution < -0.4 is 4.74 Å². The molecule has 3 fully saturated rings. The molecular formula is C28H37NO4. The number of piperidine rings is 1. The summed E-state index contributed by atoms with van der Waals surface area (Å²) in [6.45, 7) is 10.6. The summed E-state index contributed by atoms with van der Waals surface area (Å²) in [7, 11) is 1.79. The van der Waals surface area contributed by atoms with E-state index in [1.807, 2.05) is 13.0 Å². The Hall–Kier alpha value is -1.56. The Morgan fingerprint density at radius 3 is 2.64 bits per heavy atom. The van der Waals surface area contributed by atoms with Gasteiger partial charge >= 0.3 is 0 Å². The minimum Gasteiger partial charge on any atom is -0.504 e. The lowest BCUT2D eigenvalue weighted by Gasteiger charge is -2.70. The maximum atomic E-state index is 12.0. The standard InChI is InChI=1S/C28H37NO4/c1-25(2,3)26(4,31)23-17-13-28(23,32-5)24-27-10-11-29(14-15-6-7-15)18(21(17)27)12-16-8-9-19(30)22(33-24)20(16)27/h8-9,15,18,23-24,30-31H,6-7,10-14H2,1-5H3/t18?,23-,24-,26?,27-,28-/m1/s1. The molecule has 178 valence electrons. The molecule has 8 rings (SSSR count). The average molecular weight is 452 g/mol. The van der Waals surface area contributed by atoms with Crippen LogP contribution >= 0.6 is 0 Å². The van der Waals surface area contributed by atoms with Crippen LogP contribution in [0.15, 0.2) is 23.3 Å². The monoisotopic (exact) mass is 451 g/mol. The third-order valence-electron chi connectivity index (χ3n) is 10.6. The summed E-state index contributed by atoms with van der Waals surface area (Å²) in [5.41, 5.74) is 3.38. The number of nitrogens with zero attached hydrogens (tertiary/aromatic N) is 1. The van der Waals surface area contributed by atoms with Crippen LogP contribution in [0, 0.1) is 17.3 Å². The molecule has 2 saturated carbocycles. The molecular weight excluding hydrogens is 414 g/mol. The predicted octanol–water partition coefficient (Wildman–Crippen LogP) is 3.94. The van der Waals surface area contributed by atoms with Crippen molar-refractivity contribution in [2.45, 2.75) is 88.6 Å². The van der Waals surface area contributed by atoms with Crippen molar-refractivity contribution in [2.24, 2.45) is 17.3 Å². The zero-order valence-electron chi connectivity index (χ0n) is 20.6. The first-order chi connectivity index (χ1) is 15.6. The highest BCUT2D eigenvalue weighted by molar-refractivity contribution is 5.69. The Kier molecular flexibility index (Phi) is 3.76. The number of hydrogen-bond donors (Lipinski definition) is 2. The predicted molar refractivity (Wildman–Crippen MR) is 126 cm³/mol. The Morgan fingerprint density at radius 2 is 1.97 bits per heavy atom. The van der Waals surface area contributed by atoms with Gasteiger partial charge in [0.1, 0.15) is 11.7 Å². The van der Waals surface area contributed by atoms with Gasteiger partial charge in [-0.3, -0.25) is 4.90 Å². The Morgan fingerprint density at radius 1 is 1.21 bits per heavy atom. The number of rotatable bonds is 4. The molecule has 7 aliphatic rings. The second kappa shape index (κ2) is 5.98. The Labute approximate surface area is 196 Å². The van der Waals surface area contributed by atoms with Gasteiger partial charge in [0.2, 0.25) is 0 Å². The number of methoxy groups -OCH3 is 1. The van der Waals surface area contributed by atoms with Crippen LogP contribution in [0.2, 0.25) is 0 Å². The van der Waals surface area contributed by atoms with Crippen molar-refractivity contribution < 1.29 is 19.7 Å². The highest BCUT2D eigenvalue weighted by Gasteiger charge is 2.78. The summed E-state index contributed by atoms with van der Waals surface area (Å²) in [6, 6.07) is 4.30. The van der Waals surface area contributed by atoms with Gasteiger partial charge in [-0.1, -0.05) is 32.4 Å². The highest BCUT2D eigenvalue weighted by atomic mass is 16.6. The van der Waals surface area contributed by atoms with Gasteiger partial charge in [-0.05, 0) is 61.1 Å². The highest BCUT2D eigenvalue weighted by Crippen LogP contribution is 2.74. The van der Waals surface area contributed by atoms with E-state index in [9.17, 15) is 10.2 Å². The molecule has 2 aliphatic heterocycles. The number of phenols is 1. The first-order valence-corrected chi connectivity index (χ1v) is 12.8. The van der Waals surface area contributed by atoms with Gasteiger partial charge in [0.15, 0.2) is 11.5 Å². The fourth-order valence-corrected chi connectivity index (χ4v) is 8.38. The van der Waals surface area contributed by atoms with E-state index in [4.69, 9.17) is 9.47 Å². The van der Waals surface area contributed by atoms with Gasteiger partial charge < -0.3 is 19.7 Å². The van der Waals surface area contributed by atoms with Gasteiger partial charge in [0, 0.05) is 44.1 Å². The van der Waals surface area contributed by atoms with Crippen molar-refractivity contribution in [3.05, 3.63) is 34.4 Å². The zero-order chi connectivity index (χ0) is 23.1. The van der Waals surface area contributed by atoms with Crippen molar-refractivity contribution in [3.8, 4) is 11.5 Å². The molecule has 33 heavy (non-hydrogen) atoms. The molecule has 0 amide bonds. The van der Waals surface area contributed by atoms with Gasteiger partial charge in [-0.25, -0.2) is 0 Å². The minimum absolute atomic E-state index is 0.107. The second-order valence-corrected chi connectivity index (χ2v) is 12.9. The third kappa shape index (κ3) is 2.21. The number of aliphatic hydroxyl groups is 1. The Bertz CT molecular complexity index is 1100. The number of hydrogen-bond acceptors (Lipinski definition) is 5. The van der Waals surface area contributed by atoms with Crippen LogP contribution in [0.5, 0.6) is 11.5 Å². The van der Waals surface area contributed by atoms with E-state index >= 15 is 0 Å². The number of benzene rings is 1. The number of likely N-dealkylation sites (tertiary alicyclic amines) is 1. The van der Waals surface area contributed by atoms with Crippen LogP contribution in [-0.2, 0) is 16.6 Å². The molecule has 6 atom stereocenters. The normalized spacial score (nSPS) is 40.1. The molecule has 2 heterocycles. The summed E-state index contributed by atoms with van der Waals surface area (Å²) in [4.78, 5) is 2.73. The van der Waals surface area contributed by atoms with Crippen molar-refractivity contribution in [1.29, 1.82) is 0 Å². The SMILES string of the molecule is CO[C@@]12CC(=C3C4Cc5ccc(O)c6c5[C@@]3(CCN4CC3CC3)[C@H]1O6)[C@@H]2C(C)(O)C(C)(C)C. The van der Waals surface area contributed by atoms with Crippen molar-refractivity contribution in [3.63, 3.8) is 0 Å². The molecule has 0 aromatic heterocycles. The van der Waals surface area contributed by atoms with Crippen LogP contribution in [0.3, 0.4) is 0 Å². The lowest BCUT2D eigenvalue weighted by atomic mass is 9.39. The summed E-state index contributed by atoms with van der Waals surface area (Å²) in [5, 5.41) is 22.9. The molecule has 1 aromatic rings. The van der Waals surface area contributed by atoms with Crippen LogP contribution in [0.25, 0.3) is 0 Å². The smallest absolute Gasteiger partial charge is 0.166 e. The lowest BCUT2D eigenvalue weighted by molar-refractivity contribution is -0.244. The lowest BCUT2D eigenvalue weighted by Crippen LogP contribution is -2.78. The fourth-order valence-electron chi connectivity index (χ4n) is 8.38. The summed E-state index contributed by atoms with van der Waals surface area (Å²) in [5.74, 6) is 1.64. The van der Waals surface area contributed by atoms with E-state index in [0.717, 1.165) is 31.7 Å². The molecule has 2 unspecified atom stereocenters. The van der Waals surface area contributed by atoms with Crippen LogP contribution in [-0.4, -0.2) is 58.7 Å². The van der Waals surface area contributed by atoms with Gasteiger partial charge in [0.05, 0.1) is 11.0 Å². The van der Waals surface area contributed by atoms with Crippen molar-refractivity contribution in [2.75, 3.05) is 20.2 Å². The summed E-state index contributed by atoms with van der Waals surface area (Å²) < 4.78 is 13.2. The first kappa shape index (κ1) is 20.8. The number of ether oxygens (including phenoxy) is 2. The molecule has 1 saturated heterocycles. The molecule has 2 N–H and O–H groups in total. The van der Waals surface area contributed by atoms with E-state index in [1.165, 1.54) is 41.7 Å². The van der Waals surface area contributed by atoms with Crippen LogP contribution in [0.4, 0.5) is 0 Å². The van der Waals surface area contributed by atoms with Gasteiger partial charge in [-0.2, -0.15) is 0 Å². The third-order valence-corrected chi connectivity index (χ3v) is 10.6. The molecule has 1 spiro atoms. The van der Waals surface area contributed by atoms with E-state index in [2.05, 4.69) is 31.7 Å². The van der Waals surface area contributed by atoms with E-state index in [0.29, 0.717) is 11.8 Å². The van der Waals surface area contributed by atoms with Gasteiger partial charge in [-0.15, -0.1) is 0 Å². The Balaban J connectivity index is 1.49. The minimum atomic E-state index is -0.943. The molecule has 5 aliphatic carbocycles. The summed E-state index contributed by atoms with van der Waals surface area (Å²) >= 11 is 0. The fraction of sp³-hybridized carbons (Fsp3) is 0.714. The first-order valence-electron chi connectivity index (χ1n) is 12.8. The zero-order valence-corrected chi connectivity index (χ0v) is 20.6. The molecule has 4 bridgehead atoms. The van der Waals surface area contributed by atoms with Crippen molar-refractivity contribution >= 4 is 0 Å². The topological polar surface area (TPSA) is 62.2 Å². The van der Waals surface area contributed by atoms with Gasteiger partial charge in [0.25, 0.3) is 0 Å². The maximum absolute atomic E-state index is 12.0.